The number of nitrogens with zero attached hydrogens (tertiary/aromatic N) is 5. The zero-order chi connectivity index (χ0) is 11.1. The van der Waals surface area contributed by atoms with E-state index in [0.717, 1.165) is 0 Å². The Labute approximate surface area is 87.8 Å². The van der Waals surface area contributed by atoms with E-state index in [1.807, 2.05) is 12.1 Å². The number of hydrogen-bond acceptors (Lipinski definition) is 4. The summed E-state index contributed by atoms with van der Waals surface area (Å²) >= 11 is 0. The van der Waals surface area contributed by atoms with Crippen LogP contribution in [0.15, 0.2) is 12.4 Å². The molecule has 0 bridgehead atoms. The molecule has 0 aliphatic carbocycles. The molecule has 0 aliphatic heterocycles. The van der Waals surface area contributed by atoms with E-state index in [1.165, 1.54) is 10.8 Å². The van der Waals surface area contributed by atoms with Crippen molar-refractivity contribution in [3.05, 3.63) is 18.2 Å². The Bertz CT molecular complexity index is 440. The lowest BCUT2D eigenvalue weighted by Crippen LogP contribution is -2.08. The Balaban J connectivity index is 2.73. The normalized spacial score (nSPS) is 11.0. The van der Waals surface area contributed by atoms with Crippen LogP contribution in [0.2, 0.25) is 0 Å². The molecule has 0 amide bonds. The van der Waals surface area contributed by atoms with Gasteiger partial charge in [0.05, 0.1) is 12.1 Å². The zero-order valence-corrected chi connectivity index (χ0v) is 8.09. The fourth-order valence-electron chi connectivity index (χ4n) is 1.29. The van der Waals surface area contributed by atoms with Crippen LogP contribution >= 0.6 is 0 Å². The monoisotopic (exact) mass is 199 g/mol. The Morgan fingerprint density at radius 2 is 2.20 bits per heavy atom. The minimum atomic E-state index is -0.407. The van der Waals surface area contributed by atoms with Crippen molar-refractivity contribution < 1.29 is 0 Å². The first-order chi connectivity index (χ1) is 7.33. The highest BCUT2D eigenvalue weighted by atomic mass is 15.1. The van der Waals surface area contributed by atoms with E-state index < -0.39 is 6.04 Å². The third-order valence-corrected chi connectivity index (χ3v) is 2.02. The van der Waals surface area contributed by atoms with Gasteiger partial charge in [-0.25, -0.2) is 4.98 Å². The van der Waals surface area contributed by atoms with Crippen molar-refractivity contribution in [3.63, 3.8) is 0 Å². The summed E-state index contributed by atoms with van der Waals surface area (Å²) in [5.74, 6) is 0.235. The maximum Gasteiger partial charge on any atom is 0.213 e. The average Bonchev–Trinajstić information content (AvgIpc) is 2.72. The molecule has 5 nitrogen and oxygen atoms in total. The molecular weight excluding hydrogens is 190 g/mol. The third-order valence-electron chi connectivity index (χ3n) is 2.02. The van der Waals surface area contributed by atoms with Crippen molar-refractivity contribution in [1.29, 1.82) is 15.8 Å². The number of aromatic nitrogens is 2. The maximum absolute atomic E-state index is 8.93. The van der Waals surface area contributed by atoms with Crippen LogP contribution in [0.3, 0.4) is 0 Å². The fourth-order valence-corrected chi connectivity index (χ4v) is 1.29. The molecule has 0 radical (unpaired) electrons. The number of imidazole rings is 1. The summed E-state index contributed by atoms with van der Waals surface area (Å²) in [5, 5.41) is 26.0. The first-order valence-corrected chi connectivity index (χ1v) is 4.53. The van der Waals surface area contributed by atoms with Crippen molar-refractivity contribution >= 4 is 0 Å². The zero-order valence-electron chi connectivity index (χ0n) is 8.09. The van der Waals surface area contributed by atoms with Crippen molar-refractivity contribution in [1.82, 2.24) is 9.55 Å². The molecule has 0 fully saturated rings. The summed E-state index contributed by atoms with van der Waals surface area (Å²) in [4.78, 5) is 3.82. The first-order valence-electron chi connectivity index (χ1n) is 4.53. The van der Waals surface area contributed by atoms with Crippen molar-refractivity contribution in [2.75, 3.05) is 0 Å². The number of rotatable bonds is 4. The van der Waals surface area contributed by atoms with Crippen molar-refractivity contribution in [2.45, 2.75) is 25.3 Å². The van der Waals surface area contributed by atoms with E-state index >= 15 is 0 Å². The fraction of sp³-hybridized carbons (Fsp3) is 0.400. The molecule has 0 N–H and O–H groups in total. The van der Waals surface area contributed by atoms with Crippen LogP contribution in [0.5, 0.6) is 0 Å². The summed E-state index contributed by atoms with van der Waals surface area (Å²) in [6.45, 7) is 0. The van der Waals surface area contributed by atoms with Gasteiger partial charge in [0.2, 0.25) is 5.82 Å². The van der Waals surface area contributed by atoms with Crippen molar-refractivity contribution in [2.24, 2.45) is 0 Å². The van der Waals surface area contributed by atoms with Crippen LogP contribution in [-0.4, -0.2) is 9.55 Å². The van der Waals surface area contributed by atoms with Gasteiger partial charge in [0.15, 0.2) is 0 Å². The van der Waals surface area contributed by atoms with Gasteiger partial charge in [-0.3, -0.25) is 0 Å². The summed E-state index contributed by atoms with van der Waals surface area (Å²) < 4.78 is 1.54. The number of nitriles is 3. The largest absolute Gasteiger partial charge is 0.306 e. The van der Waals surface area contributed by atoms with Gasteiger partial charge in [0.25, 0.3) is 0 Å². The molecule has 74 valence electrons. The summed E-state index contributed by atoms with van der Waals surface area (Å²) in [6, 6.07) is 5.63. The lowest BCUT2D eigenvalue weighted by Gasteiger charge is -2.09. The van der Waals surface area contributed by atoms with Crippen LogP contribution in [0, 0.1) is 34.0 Å². The lowest BCUT2D eigenvalue weighted by molar-refractivity contribution is 0.544. The predicted molar refractivity (Wildman–Crippen MR) is 51.1 cm³/mol. The van der Waals surface area contributed by atoms with Gasteiger partial charge in [0, 0.05) is 18.8 Å². The van der Waals surface area contributed by atoms with E-state index in [9.17, 15) is 0 Å². The van der Waals surface area contributed by atoms with Crippen molar-refractivity contribution in [3.8, 4) is 18.2 Å². The highest BCUT2D eigenvalue weighted by Gasteiger charge is 2.12. The molecule has 0 spiro atoms. The van der Waals surface area contributed by atoms with Gasteiger partial charge in [-0.1, -0.05) is 0 Å². The van der Waals surface area contributed by atoms with E-state index in [1.54, 1.807) is 6.20 Å². The van der Waals surface area contributed by atoms with E-state index in [2.05, 4.69) is 11.1 Å². The molecule has 1 heterocycles. The van der Waals surface area contributed by atoms with Gasteiger partial charge in [-0.05, 0) is 12.8 Å². The summed E-state index contributed by atoms with van der Waals surface area (Å²) in [6.07, 6.45) is 4.74. The minimum Gasteiger partial charge on any atom is -0.306 e. The Kier molecular flexibility index (Phi) is 3.89. The standard InChI is InChI=1S/C10H9N5/c11-4-2-1-3-9(7-12)15-6-5-14-10(15)8-13/h5-6,9H,1-3H2. The first kappa shape index (κ1) is 10.8. The third kappa shape index (κ3) is 2.56. The topological polar surface area (TPSA) is 89.2 Å². The van der Waals surface area contributed by atoms with Gasteiger partial charge in [-0.2, -0.15) is 15.8 Å². The van der Waals surface area contributed by atoms with Crippen LogP contribution in [0.25, 0.3) is 0 Å². The molecule has 1 rings (SSSR count). The van der Waals surface area contributed by atoms with Crippen LogP contribution < -0.4 is 0 Å². The summed E-state index contributed by atoms with van der Waals surface area (Å²) in [7, 11) is 0. The Morgan fingerprint density at radius 3 is 2.80 bits per heavy atom. The van der Waals surface area contributed by atoms with E-state index in [4.69, 9.17) is 15.8 Å². The number of hydrogen-bond donors (Lipinski definition) is 0. The van der Waals surface area contributed by atoms with Gasteiger partial charge >= 0.3 is 0 Å². The molecule has 0 aromatic carbocycles. The van der Waals surface area contributed by atoms with E-state index in [-0.39, 0.29) is 5.82 Å². The minimum absolute atomic E-state index is 0.235. The summed E-state index contributed by atoms with van der Waals surface area (Å²) in [5.41, 5.74) is 0. The molecule has 1 aromatic rings. The molecule has 1 atom stereocenters. The molecule has 0 saturated carbocycles. The molecule has 5 heteroatoms. The molecule has 0 saturated heterocycles. The molecule has 1 unspecified atom stereocenters. The smallest absolute Gasteiger partial charge is 0.213 e. The average molecular weight is 199 g/mol. The van der Waals surface area contributed by atoms with Crippen LogP contribution in [0.4, 0.5) is 0 Å². The second-order valence-corrected chi connectivity index (χ2v) is 2.97. The Morgan fingerprint density at radius 1 is 1.40 bits per heavy atom. The van der Waals surface area contributed by atoms with Gasteiger partial charge in [-0.15, -0.1) is 0 Å². The second-order valence-electron chi connectivity index (χ2n) is 2.97. The molecule has 1 aromatic heterocycles. The van der Waals surface area contributed by atoms with Crippen LogP contribution in [0.1, 0.15) is 31.1 Å². The maximum atomic E-state index is 8.93. The number of unbranched alkanes of at least 4 members (excludes halogenated alkanes) is 1. The van der Waals surface area contributed by atoms with Gasteiger partial charge < -0.3 is 4.57 Å². The van der Waals surface area contributed by atoms with Gasteiger partial charge in [0.1, 0.15) is 12.1 Å². The van der Waals surface area contributed by atoms with Crippen LogP contribution in [-0.2, 0) is 0 Å². The second kappa shape index (κ2) is 5.42. The Hall–Kier alpha value is -2.32. The SMILES string of the molecule is N#CCCCC(C#N)n1ccnc1C#N. The molecule has 15 heavy (non-hydrogen) atoms. The quantitative estimate of drug-likeness (QED) is 0.687. The highest BCUT2D eigenvalue weighted by Crippen LogP contribution is 2.15. The highest BCUT2D eigenvalue weighted by molar-refractivity contribution is 5.14. The molecule has 0 aliphatic rings. The lowest BCUT2D eigenvalue weighted by atomic mass is 10.1. The predicted octanol–water partition coefficient (Wildman–Crippen LogP) is 1.51. The molecular formula is C10H9N5. The van der Waals surface area contributed by atoms with E-state index in [0.29, 0.717) is 19.3 Å².